The predicted molar refractivity (Wildman–Crippen MR) is 88.4 cm³/mol. The third kappa shape index (κ3) is 3.76. The van der Waals surface area contributed by atoms with E-state index in [1.165, 1.54) is 42.7 Å². The molecule has 1 aliphatic heterocycles. The molecule has 1 fully saturated rings. The molecule has 1 unspecified atom stereocenters. The summed E-state index contributed by atoms with van der Waals surface area (Å²) in [5.74, 6) is 0. The minimum atomic E-state index is 0.286. The van der Waals surface area contributed by atoms with Crippen LogP contribution in [-0.4, -0.2) is 19.1 Å². The van der Waals surface area contributed by atoms with Gasteiger partial charge in [-0.15, -0.1) is 0 Å². The van der Waals surface area contributed by atoms with Crippen LogP contribution >= 0.6 is 0 Å². The Hall–Kier alpha value is -1.02. The van der Waals surface area contributed by atoms with Crippen LogP contribution in [0.25, 0.3) is 0 Å². The maximum atomic E-state index is 6.08. The Kier molecular flexibility index (Phi) is 4.74. The molecule has 0 amide bonds. The summed E-state index contributed by atoms with van der Waals surface area (Å²) in [6, 6.07) is 7.20. The van der Waals surface area contributed by atoms with Crippen molar-refractivity contribution in [3.05, 3.63) is 29.3 Å². The summed E-state index contributed by atoms with van der Waals surface area (Å²) < 4.78 is 0. The van der Waals surface area contributed by atoms with Gasteiger partial charge < -0.3 is 10.6 Å². The van der Waals surface area contributed by atoms with Crippen molar-refractivity contribution < 1.29 is 0 Å². The van der Waals surface area contributed by atoms with Crippen molar-refractivity contribution in [2.24, 2.45) is 11.1 Å². The van der Waals surface area contributed by atoms with Crippen molar-refractivity contribution in [3.8, 4) is 0 Å². The molecule has 2 rings (SSSR count). The van der Waals surface area contributed by atoms with Gasteiger partial charge in [0.05, 0.1) is 0 Å². The van der Waals surface area contributed by atoms with Crippen LogP contribution in [-0.2, 0) is 6.42 Å². The van der Waals surface area contributed by atoms with E-state index in [4.69, 9.17) is 5.73 Å². The van der Waals surface area contributed by atoms with E-state index in [9.17, 15) is 0 Å². The monoisotopic (exact) mass is 274 g/mol. The van der Waals surface area contributed by atoms with E-state index in [-0.39, 0.29) is 6.04 Å². The van der Waals surface area contributed by atoms with Crippen LogP contribution in [0.2, 0.25) is 0 Å². The predicted octanol–water partition coefficient (Wildman–Crippen LogP) is 3.90. The summed E-state index contributed by atoms with van der Waals surface area (Å²) >= 11 is 0. The highest BCUT2D eigenvalue weighted by Gasteiger charge is 2.26. The first-order chi connectivity index (χ1) is 9.41. The number of anilines is 1. The van der Waals surface area contributed by atoms with E-state index >= 15 is 0 Å². The molecule has 112 valence electrons. The molecular formula is C18H30N2. The van der Waals surface area contributed by atoms with Gasteiger partial charge in [0.25, 0.3) is 0 Å². The maximum absolute atomic E-state index is 6.08. The fourth-order valence-corrected chi connectivity index (χ4v) is 3.18. The summed E-state index contributed by atoms with van der Waals surface area (Å²) in [7, 11) is 0. The molecule has 0 radical (unpaired) electrons. The van der Waals surface area contributed by atoms with Crippen molar-refractivity contribution >= 4 is 5.69 Å². The first-order valence-electron chi connectivity index (χ1n) is 8.01. The molecule has 0 saturated carbocycles. The fraction of sp³-hybridized carbons (Fsp3) is 0.667. The van der Waals surface area contributed by atoms with E-state index in [0.29, 0.717) is 5.41 Å². The first kappa shape index (κ1) is 15.4. The van der Waals surface area contributed by atoms with Crippen LogP contribution in [0.1, 0.15) is 51.2 Å². The van der Waals surface area contributed by atoms with Crippen LogP contribution in [0.5, 0.6) is 0 Å². The van der Waals surface area contributed by atoms with Gasteiger partial charge in [-0.25, -0.2) is 0 Å². The summed E-state index contributed by atoms with van der Waals surface area (Å²) in [5.41, 5.74) is 10.7. The number of hydrogen-bond acceptors (Lipinski definition) is 2. The lowest BCUT2D eigenvalue weighted by Crippen LogP contribution is -2.40. The van der Waals surface area contributed by atoms with Crippen molar-refractivity contribution in [1.29, 1.82) is 0 Å². The summed E-state index contributed by atoms with van der Waals surface area (Å²) in [6.45, 7) is 11.5. The number of piperidine rings is 1. The van der Waals surface area contributed by atoms with Gasteiger partial charge in [0, 0.05) is 24.8 Å². The Bertz CT molecular complexity index is 451. The molecule has 0 aliphatic carbocycles. The molecule has 2 heteroatoms. The topological polar surface area (TPSA) is 29.3 Å². The van der Waals surface area contributed by atoms with Crippen LogP contribution in [0.4, 0.5) is 5.69 Å². The number of benzene rings is 1. The zero-order valence-corrected chi connectivity index (χ0v) is 13.6. The smallest absolute Gasteiger partial charge is 0.0369 e. The van der Waals surface area contributed by atoms with Crippen molar-refractivity contribution in [3.63, 3.8) is 0 Å². The maximum Gasteiger partial charge on any atom is 0.0369 e. The van der Waals surface area contributed by atoms with Crippen LogP contribution in [0.3, 0.4) is 0 Å². The van der Waals surface area contributed by atoms with Crippen LogP contribution in [0.15, 0.2) is 18.2 Å². The molecule has 0 bridgehead atoms. The van der Waals surface area contributed by atoms with E-state index in [1.807, 2.05) is 0 Å². The zero-order valence-electron chi connectivity index (χ0n) is 13.6. The Morgan fingerprint density at radius 1 is 1.35 bits per heavy atom. The van der Waals surface area contributed by atoms with Gasteiger partial charge in [0.1, 0.15) is 0 Å². The fourth-order valence-electron chi connectivity index (χ4n) is 3.18. The molecule has 0 spiro atoms. The largest absolute Gasteiger partial charge is 0.371 e. The van der Waals surface area contributed by atoms with E-state index < -0.39 is 0 Å². The van der Waals surface area contributed by atoms with E-state index in [2.05, 4.69) is 50.8 Å². The minimum absolute atomic E-state index is 0.286. The van der Waals surface area contributed by atoms with Gasteiger partial charge >= 0.3 is 0 Å². The molecule has 1 atom stereocenters. The standard InChI is InChI=1S/C18H30N2/c1-5-16(19)12-15-7-8-17(11-14(15)2)20-10-6-9-18(3,4)13-20/h7-8,11,16H,5-6,9-10,12-13,19H2,1-4H3. The Morgan fingerprint density at radius 2 is 2.10 bits per heavy atom. The molecule has 1 aliphatic rings. The Labute approximate surface area is 124 Å². The number of aryl methyl sites for hydroxylation is 1. The third-order valence-electron chi connectivity index (χ3n) is 4.60. The molecule has 1 heterocycles. The molecule has 1 saturated heterocycles. The lowest BCUT2D eigenvalue weighted by atomic mass is 9.84. The van der Waals surface area contributed by atoms with Gasteiger partial charge in [-0.1, -0.05) is 26.8 Å². The van der Waals surface area contributed by atoms with E-state index in [0.717, 1.165) is 12.8 Å². The third-order valence-corrected chi connectivity index (χ3v) is 4.60. The normalized spacial score (nSPS) is 19.9. The van der Waals surface area contributed by atoms with Crippen LogP contribution in [0, 0.1) is 12.3 Å². The molecule has 2 N–H and O–H groups in total. The number of rotatable bonds is 4. The molecule has 1 aromatic carbocycles. The molecule has 0 aromatic heterocycles. The van der Waals surface area contributed by atoms with E-state index in [1.54, 1.807) is 0 Å². The van der Waals surface area contributed by atoms with Gasteiger partial charge in [-0.05, 0) is 61.3 Å². The highest BCUT2D eigenvalue weighted by atomic mass is 15.1. The highest BCUT2D eigenvalue weighted by Crippen LogP contribution is 2.32. The number of nitrogens with two attached hydrogens (primary N) is 1. The summed E-state index contributed by atoms with van der Waals surface area (Å²) in [6.07, 6.45) is 4.68. The first-order valence-corrected chi connectivity index (χ1v) is 8.01. The van der Waals surface area contributed by atoms with Gasteiger partial charge in [0.2, 0.25) is 0 Å². The number of nitrogens with zero attached hydrogens (tertiary/aromatic N) is 1. The quantitative estimate of drug-likeness (QED) is 0.902. The van der Waals surface area contributed by atoms with Crippen LogP contribution < -0.4 is 10.6 Å². The second kappa shape index (κ2) is 6.17. The average Bonchev–Trinajstić information content (AvgIpc) is 2.39. The van der Waals surface area contributed by atoms with Gasteiger partial charge in [0.15, 0.2) is 0 Å². The molecule has 20 heavy (non-hydrogen) atoms. The van der Waals surface area contributed by atoms with Gasteiger partial charge in [-0.2, -0.15) is 0 Å². The Morgan fingerprint density at radius 3 is 2.70 bits per heavy atom. The Balaban J connectivity index is 2.12. The summed E-state index contributed by atoms with van der Waals surface area (Å²) in [5, 5.41) is 0. The second-order valence-electron chi connectivity index (χ2n) is 7.17. The SMILES string of the molecule is CCC(N)Cc1ccc(N2CCCC(C)(C)C2)cc1C. The zero-order chi connectivity index (χ0) is 14.8. The highest BCUT2D eigenvalue weighted by molar-refractivity contribution is 5.51. The molecule has 1 aromatic rings. The van der Waals surface area contributed by atoms with Gasteiger partial charge in [-0.3, -0.25) is 0 Å². The lowest BCUT2D eigenvalue weighted by molar-refractivity contribution is 0.293. The van der Waals surface area contributed by atoms with Crippen molar-refractivity contribution in [2.75, 3.05) is 18.0 Å². The van der Waals surface area contributed by atoms with Crippen molar-refractivity contribution in [2.45, 2.75) is 59.4 Å². The van der Waals surface area contributed by atoms with Crippen molar-refractivity contribution in [1.82, 2.24) is 0 Å². The number of hydrogen-bond donors (Lipinski definition) is 1. The minimum Gasteiger partial charge on any atom is -0.371 e. The second-order valence-corrected chi connectivity index (χ2v) is 7.17. The average molecular weight is 274 g/mol. The summed E-state index contributed by atoms with van der Waals surface area (Å²) in [4.78, 5) is 2.54. The molecular weight excluding hydrogens is 244 g/mol. The lowest BCUT2D eigenvalue weighted by Gasteiger charge is -2.39. The molecule has 2 nitrogen and oxygen atoms in total.